The van der Waals surface area contributed by atoms with Gasteiger partial charge in [-0.1, -0.05) is 12.1 Å². The number of amides is 2. The molecule has 26 heavy (non-hydrogen) atoms. The highest BCUT2D eigenvalue weighted by Crippen LogP contribution is 2.14. The van der Waals surface area contributed by atoms with Crippen LogP contribution < -0.4 is 16.0 Å². The summed E-state index contributed by atoms with van der Waals surface area (Å²) in [5.41, 5.74) is 2.20. The van der Waals surface area contributed by atoms with E-state index >= 15 is 0 Å². The quantitative estimate of drug-likeness (QED) is 0.714. The second kappa shape index (κ2) is 9.10. The van der Waals surface area contributed by atoms with E-state index < -0.39 is 0 Å². The van der Waals surface area contributed by atoms with Crippen LogP contribution in [0.1, 0.15) is 35.2 Å². The summed E-state index contributed by atoms with van der Waals surface area (Å²) in [6.45, 7) is 2.56. The zero-order valence-corrected chi connectivity index (χ0v) is 14.7. The molecule has 1 atom stereocenters. The molecule has 1 unspecified atom stereocenters. The van der Waals surface area contributed by atoms with Crippen molar-refractivity contribution in [3.63, 3.8) is 0 Å². The number of rotatable bonds is 7. The normalized spacial score (nSPS) is 16.2. The van der Waals surface area contributed by atoms with Crippen molar-refractivity contribution in [2.75, 3.05) is 18.4 Å². The first-order valence-corrected chi connectivity index (χ1v) is 8.98. The molecule has 0 spiro atoms. The van der Waals surface area contributed by atoms with Crippen molar-refractivity contribution < 1.29 is 9.59 Å². The first kappa shape index (κ1) is 18.1. The van der Waals surface area contributed by atoms with E-state index in [1.165, 1.54) is 0 Å². The van der Waals surface area contributed by atoms with Crippen molar-refractivity contribution in [3.05, 3.63) is 59.9 Å². The number of hydrogen-bond donors (Lipinski definition) is 3. The summed E-state index contributed by atoms with van der Waals surface area (Å²) in [4.78, 5) is 28.1. The molecule has 1 aromatic heterocycles. The summed E-state index contributed by atoms with van der Waals surface area (Å²) in [5.74, 6) is 0.521. The molecule has 1 fully saturated rings. The van der Waals surface area contributed by atoms with Crippen molar-refractivity contribution >= 4 is 17.5 Å². The lowest BCUT2D eigenvalue weighted by Gasteiger charge is -2.09. The van der Waals surface area contributed by atoms with E-state index in [0.717, 1.165) is 31.5 Å². The van der Waals surface area contributed by atoms with Crippen molar-refractivity contribution in [3.8, 4) is 0 Å². The molecule has 1 aromatic carbocycles. The van der Waals surface area contributed by atoms with Crippen molar-refractivity contribution in [2.45, 2.75) is 25.8 Å². The van der Waals surface area contributed by atoms with Crippen LogP contribution in [-0.4, -0.2) is 29.9 Å². The molecule has 6 nitrogen and oxygen atoms in total. The van der Waals surface area contributed by atoms with E-state index in [-0.39, 0.29) is 11.8 Å². The van der Waals surface area contributed by atoms with Gasteiger partial charge in [0.1, 0.15) is 0 Å². The van der Waals surface area contributed by atoms with Gasteiger partial charge in [-0.2, -0.15) is 0 Å². The number of benzene rings is 1. The lowest BCUT2D eigenvalue weighted by atomic mass is 10.0. The summed E-state index contributed by atoms with van der Waals surface area (Å²) in [6.07, 6.45) is 5.92. The van der Waals surface area contributed by atoms with Crippen LogP contribution in [0.5, 0.6) is 0 Å². The topological polar surface area (TPSA) is 83.1 Å². The molecule has 6 heteroatoms. The minimum atomic E-state index is -0.182. The highest BCUT2D eigenvalue weighted by atomic mass is 16.2. The van der Waals surface area contributed by atoms with Crippen LogP contribution in [-0.2, 0) is 11.3 Å². The van der Waals surface area contributed by atoms with Crippen LogP contribution in [0.4, 0.5) is 5.69 Å². The van der Waals surface area contributed by atoms with Crippen LogP contribution >= 0.6 is 0 Å². The fourth-order valence-corrected chi connectivity index (χ4v) is 3.00. The summed E-state index contributed by atoms with van der Waals surface area (Å²) in [5, 5.41) is 9.05. The maximum Gasteiger partial charge on any atom is 0.255 e. The molecule has 2 heterocycles. The van der Waals surface area contributed by atoms with Crippen LogP contribution in [0.2, 0.25) is 0 Å². The number of carbonyl (C=O) groups is 2. The van der Waals surface area contributed by atoms with Crippen LogP contribution in [0, 0.1) is 5.92 Å². The summed E-state index contributed by atoms with van der Waals surface area (Å²) < 4.78 is 0. The van der Waals surface area contributed by atoms with E-state index in [4.69, 9.17) is 0 Å². The highest BCUT2D eigenvalue weighted by Gasteiger charge is 2.15. The Hall–Kier alpha value is -2.73. The standard InChI is InChI=1S/C20H24N4O2/c25-19(8-5-16-9-11-22-12-16)23-13-15-3-6-17(7-4-15)20(26)24-18-2-1-10-21-14-18/h1-4,6-7,10,14,16,22H,5,8-9,11-13H2,(H,23,25)(H,24,26). The number of nitrogens with one attached hydrogen (secondary N) is 3. The molecule has 0 aliphatic carbocycles. The minimum Gasteiger partial charge on any atom is -0.352 e. The molecule has 136 valence electrons. The molecule has 2 amide bonds. The first-order valence-electron chi connectivity index (χ1n) is 8.98. The van der Waals surface area contributed by atoms with E-state index in [2.05, 4.69) is 20.9 Å². The maximum absolute atomic E-state index is 12.2. The lowest BCUT2D eigenvalue weighted by molar-refractivity contribution is -0.121. The van der Waals surface area contributed by atoms with Gasteiger partial charge in [0, 0.05) is 24.7 Å². The van der Waals surface area contributed by atoms with Gasteiger partial charge in [0.25, 0.3) is 5.91 Å². The number of nitrogens with zero attached hydrogens (tertiary/aromatic N) is 1. The Kier molecular flexibility index (Phi) is 6.33. The number of anilines is 1. The SMILES string of the molecule is O=C(CCC1CCNC1)NCc1ccc(C(=O)Nc2cccnc2)cc1. The molecular formula is C20H24N4O2. The minimum absolute atomic E-state index is 0.0790. The van der Waals surface area contributed by atoms with E-state index in [0.29, 0.717) is 30.1 Å². The average molecular weight is 352 g/mol. The summed E-state index contributed by atoms with van der Waals surface area (Å²) in [7, 11) is 0. The Labute approximate surface area is 153 Å². The van der Waals surface area contributed by atoms with Gasteiger partial charge in [-0.25, -0.2) is 0 Å². The smallest absolute Gasteiger partial charge is 0.255 e. The van der Waals surface area contributed by atoms with Gasteiger partial charge < -0.3 is 16.0 Å². The van der Waals surface area contributed by atoms with Gasteiger partial charge in [-0.3, -0.25) is 14.6 Å². The van der Waals surface area contributed by atoms with Gasteiger partial charge in [0.05, 0.1) is 11.9 Å². The summed E-state index contributed by atoms with van der Waals surface area (Å²) >= 11 is 0. The molecule has 0 radical (unpaired) electrons. The van der Waals surface area contributed by atoms with E-state index in [1.54, 1.807) is 36.7 Å². The fourth-order valence-electron chi connectivity index (χ4n) is 3.00. The number of aromatic nitrogens is 1. The second-order valence-corrected chi connectivity index (χ2v) is 6.57. The van der Waals surface area contributed by atoms with Crippen molar-refractivity contribution in [1.29, 1.82) is 0 Å². The van der Waals surface area contributed by atoms with Gasteiger partial charge in [0.15, 0.2) is 0 Å². The zero-order chi connectivity index (χ0) is 18.2. The third-order valence-corrected chi connectivity index (χ3v) is 4.57. The molecule has 3 rings (SSSR count). The molecule has 1 aliphatic rings. The Morgan fingerprint density at radius 3 is 2.73 bits per heavy atom. The molecule has 3 N–H and O–H groups in total. The van der Waals surface area contributed by atoms with E-state index in [9.17, 15) is 9.59 Å². The van der Waals surface area contributed by atoms with Gasteiger partial charge in [-0.05, 0) is 61.7 Å². The first-order chi connectivity index (χ1) is 12.7. The molecule has 0 bridgehead atoms. The van der Waals surface area contributed by atoms with E-state index in [1.807, 2.05) is 12.1 Å². The lowest BCUT2D eigenvalue weighted by Crippen LogP contribution is -2.23. The maximum atomic E-state index is 12.2. The zero-order valence-electron chi connectivity index (χ0n) is 14.7. The summed E-state index contributed by atoms with van der Waals surface area (Å²) in [6, 6.07) is 10.8. The predicted octanol–water partition coefficient (Wildman–Crippen LogP) is 2.34. The number of hydrogen-bond acceptors (Lipinski definition) is 4. The predicted molar refractivity (Wildman–Crippen MR) is 101 cm³/mol. The Morgan fingerprint density at radius 2 is 2.04 bits per heavy atom. The molecular weight excluding hydrogens is 328 g/mol. The Bertz CT molecular complexity index is 725. The van der Waals surface area contributed by atoms with Crippen LogP contribution in [0.3, 0.4) is 0 Å². The highest BCUT2D eigenvalue weighted by molar-refractivity contribution is 6.04. The van der Waals surface area contributed by atoms with Crippen molar-refractivity contribution in [2.24, 2.45) is 5.92 Å². The van der Waals surface area contributed by atoms with Gasteiger partial charge in [-0.15, -0.1) is 0 Å². The van der Waals surface area contributed by atoms with Crippen LogP contribution in [0.25, 0.3) is 0 Å². The number of carbonyl (C=O) groups excluding carboxylic acids is 2. The molecule has 2 aromatic rings. The average Bonchev–Trinajstić information content (AvgIpc) is 3.19. The third kappa shape index (κ3) is 5.39. The molecule has 1 saturated heterocycles. The number of pyridine rings is 1. The monoisotopic (exact) mass is 352 g/mol. The van der Waals surface area contributed by atoms with Crippen molar-refractivity contribution in [1.82, 2.24) is 15.6 Å². The fraction of sp³-hybridized carbons (Fsp3) is 0.350. The third-order valence-electron chi connectivity index (χ3n) is 4.57. The van der Waals surface area contributed by atoms with Gasteiger partial charge in [0.2, 0.25) is 5.91 Å². The largest absolute Gasteiger partial charge is 0.352 e. The molecule has 0 saturated carbocycles. The van der Waals surface area contributed by atoms with Crippen LogP contribution in [0.15, 0.2) is 48.8 Å². The Balaban J connectivity index is 1.43. The van der Waals surface area contributed by atoms with Gasteiger partial charge >= 0.3 is 0 Å². The second-order valence-electron chi connectivity index (χ2n) is 6.57. The molecule has 1 aliphatic heterocycles. The Morgan fingerprint density at radius 1 is 1.19 bits per heavy atom.